The normalized spacial score (nSPS) is 11.2. The third-order valence-corrected chi connectivity index (χ3v) is 5.75. The molecule has 166 valence electrons. The minimum atomic E-state index is -0.344. The molecule has 0 saturated heterocycles. The Balaban J connectivity index is 1.30. The highest BCUT2D eigenvalue weighted by Crippen LogP contribution is 2.28. The second-order valence-corrected chi connectivity index (χ2v) is 7.88. The monoisotopic (exact) mass is 450 g/mol. The first kappa shape index (κ1) is 19.9. The molecule has 0 spiro atoms. The Morgan fingerprint density at radius 2 is 1.94 bits per heavy atom. The van der Waals surface area contributed by atoms with E-state index >= 15 is 0 Å². The van der Waals surface area contributed by atoms with Gasteiger partial charge in [0.2, 0.25) is 0 Å². The molecule has 34 heavy (non-hydrogen) atoms. The number of aromatic nitrogens is 7. The van der Waals surface area contributed by atoms with Crippen LogP contribution in [-0.2, 0) is 7.05 Å². The van der Waals surface area contributed by atoms with Gasteiger partial charge in [-0.05, 0) is 36.4 Å². The molecular weight excluding hydrogens is 431 g/mol. The van der Waals surface area contributed by atoms with Crippen molar-refractivity contribution in [2.45, 2.75) is 0 Å². The predicted molar refractivity (Wildman–Crippen MR) is 128 cm³/mol. The summed E-state index contributed by atoms with van der Waals surface area (Å²) in [6, 6.07) is 14.9. The van der Waals surface area contributed by atoms with Crippen LogP contribution < -0.4 is 5.32 Å². The van der Waals surface area contributed by atoms with E-state index in [2.05, 4.69) is 53.2 Å². The molecule has 4 heterocycles. The molecule has 2 N–H and O–H groups in total. The Morgan fingerprint density at radius 1 is 1.00 bits per heavy atom. The fourth-order valence-corrected chi connectivity index (χ4v) is 4.04. The van der Waals surface area contributed by atoms with Crippen LogP contribution >= 0.6 is 0 Å². The van der Waals surface area contributed by atoms with E-state index in [9.17, 15) is 4.39 Å². The molecule has 0 bridgehead atoms. The van der Waals surface area contributed by atoms with Gasteiger partial charge in [-0.3, -0.25) is 9.67 Å². The number of benzene rings is 2. The number of fused-ring (bicyclic) bond motifs is 1. The van der Waals surface area contributed by atoms with Crippen molar-refractivity contribution in [1.29, 1.82) is 0 Å². The second kappa shape index (κ2) is 7.96. The molecule has 0 fully saturated rings. The van der Waals surface area contributed by atoms with Crippen LogP contribution in [0.1, 0.15) is 0 Å². The maximum atomic E-state index is 14.6. The van der Waals surface area contributed by atoms with E-state index in [1.165, 1.54) is 6.07 Å². The van der Waals surface area contributed by atoms with Gasteiger partial charge in [0.05, 0.1) is 11.7 Å². The first-order valence-corrected chi connectivity index (χ1v) is 10.6. The number of aromatic amines is 1. The number of hydrogen-bond donors (Lipinski definition) is 2. The van der Waals surface area contributed by atoms with Gasteiger partial charge < -0.3 is 9.88 Å². The molecule has 9 heteroatoms. The first-order chi connectivity index (χ1) is 16.7. The van der Waals surface area contributed by atoms with Gasteiger partial charge in [0.15, 0.2) is 5.82 Å². The van der Waals surface area contributed by atoms with Crippen LogP contribution in [0.3, 0.4) is 0 Å². The van der Waals surface area contributed by atoms with Crippen molar-refractivity contribution in [1.82, 2.24) is 34.3 Å². The number of anilines is 2. The molecule has 4 aromatic heterocycles. The van der Waals surface area contributed by atoms with Crippen molar-refractivity contribution in [3.8, 4) is 28.3 Å². The van der Waals surface area contributed by atoms with Crippen molar-refractivity contribution < 1.29 is 4.39 Å². The Morgan fingerprint density at radius 3 is 2.74 bits per heavy atom. The zero-order chi connectivity index (χ0) is 23.1. The van der Waals surface area contributed by atoms with Crippen LogP contribution in [0, 0.1) is 5.82 Å². The molecule has 0 saturated carbocycles. The lowest BCUT2D eigenvalue weighted by Crippen LogP contribution is -1.99. The average Bonchev–Trinajstić information content (AvgIpc) is 3.61. The van der Waals surface area contributed by atoms with Crippen LogP contribution in [0.25, 0.3) is 39.2 Å². The van der Waals surface area contributed by atoms with Gasteiger partial charge in [0, 0.05) is 59.6 Å². The maximum Gasteiger partial charge on any atom is 0.161 e. The SMILES string of the molecule is Cn1c(-n2ccnc2)cc2ccc(-c3nccc(Nc4ccc(-c5cn[nH]c5)c(F)c4)n3)cc21. The fraction of sp³-hybridized carbons (Fsp3) is 0.0400. The van der Waals surface area contributed by atoms with E-state index in [0.29, 0.717) is 28.5 Å². The van der Waals surface area contributed by atoms with Crippen molar-refractivity contribution in [2.24, 2.45) is 7.05 Å². The van der Waals surface area contributed by atoms with Crippen molar-refractivity contribution in [3.05, 3.63) is 91.7 Å². The Bertz CT molecular complexity index is 1600. The molecule has 6 aromatic rings. The summed E-state index contributed by atoms with van der Waals surface area (Å²) >= 11 is 0. The summed E-state index contributed by atoms with van der Waals surface area (Å²) in [7, 11) is 2.02. The van der Waals surface area contributed by atoms with Crippen molar-refractivity contribution in [2.75, 3.05) is 5.32 Å². The van der Waals surface area contributed by atoms with Gasteiger partial charge >= 0.3 is 0 Å². The molecule has 0 aliphatic rings. The lowest BCUT2D eigenvalue weighted by atomic mass is 10.1. The number of aryl methyl sites for hydroxylation is 1. The third-order valence-electron chi connectivity index (χ3n) is 5.75. The van der Waals surface area contributed by atoms with Crippen LogP contribution in [0.4, 0.5) is 15.9 Å². The van der Waals surface area contributed by atoms with E-state index in [-0.39, 0.29) is 5.82 Å². The lowest BCUT2D eigenvalue weighted by Gasteiger charge is -2.09. The predicted octanol–water partition coefficient (Wildman–Crippen LogP) is 5.09. The van der Waals surface area contributed by atoms with Gasteiger partial charge in [0.25, 0.3) is 0 Å². The molecule has 0 amide bonds. The number of rotatable bonds is 5. The second-order valence-electron chi connectivity index (χ2n) is 7.88. The summed E-state index contributed by atoms with van der Waals surface area (Å²) in [6.07, 6.45) is 10.4. The Hall–Kier alpha value is -4.79. The first-order valence-electron chi connectivity index (χ1n) is 10.6. The quantitative estimate of drug-likeness (QED) is 0.382. The maximum absolute atomic E-state index is 14.6. The summed E-state index contributed by atoms with van der Waals surface area (Å²) < 4.78 is 18.7. The standard InChI is InChI=1S/C25H19FN8/c1-33-22-10-17(3-2-16(22)11-24(33)34-9-8-27-15-34)25-28-7-6-23(32-25)31-19-4-5-20(21(26)12-19)18-13-29-30-14-18/h2-15H,1H3,(H,29,30)(H,28,31,32). The van der Waals surface area contributed by atoms with Gasteiger partial charge in [-0.2, -0.15) is 5.10 Å². The minimum absolute atomic E-state index is 0.344. The van der Waals surface area contributed by atoms with Crippen LogP contribution in [-0.4, -0.2) is 34.3 Å². The summed E-state index contributed by atoms with van der Waals surface area (Å²) in [6.45, 7) is 0. The smallest absolute Gasteiger partial charge is 0.161 e. The number of nitrogens with zero attached hydrogens (tertiary/aromatic N) is 6. The largest absolute Gasteiger partial charge is 0.340 e. The van der Waals surface area contributed by atoms with Crippen LogP contribution in [0.15, 0.2) is 85.8 Å². The van der Waals surface area contributed by atoms with Gasteiger partial charge in [-0.1, -0.05) is 12.1 Å². The molecule has 0 unspecified atom stereocenters. The minimum Gasteiger partial charge on any atom is -0.340 e. The van der Waals surface area contributed by atoms with Gasteiger partial charge in [0.1, 0.15) is 23.8 Å². The Labute approximate surface area is 193 Å². The van der Waals surface area contributed by atoms with Crippen molar-refractivity contribution in [3.63, 3.8) is 0 Å². The third kappa shape index (κ3) is 3.49. The Kier molecular flexibility index (Phi) is 4.65. The molecule has 0 atom stereocenters. The molecule has 0 aliphatic heterocycles. The van der Waals surface area contributed by atoms with E-state index in [1.54, 1.807) is 49.3 Å². The number of halogens is 1. The van der Waals surface area contributed by atoms with E-state index in [0.717, 1.165) is 22.3 Å². The summed E-state index contributed by atoms with van der Waals surface area (Å²) in [4.78, 5) is 13.2. The summed E-state index contributed by atoms with van der Waals surface area (Å²) in [5, 5.41) is 10.9. The number of nitrogens with one attached hydrogen (secondary N) is 2. The highest BCUT2D eigenvalue weighted by atomic mass is 19.1. The van der Waals surface area contributed by atoms with Gasteiger partial charge in [-0.25, -0.2) is 19.3 Å². The molecule has 2 aromatic carbocycles. The number of imidazole rings is 1. The number of hydrogen-bond acceptors (Lipinski definition) is 5. The zero-order valence-electron chi connectivity index (χ0n) is 18.1. The molecular formula is C25H19FN8. The average molecular weight is 450 g/mol. The molecule has 6 rings (SSSR count). The summed E-state index contributed by atoms with van der Waals surface area (Å²) in [5.41, 5.74) is 3.71. The highest BCUT2D eigenvalue weighted by Gasteiger charge is 2.11. The van der Waals surface area contributed by atoms with Crippen LogP contribution in [0.2, 0.25) is 0 Å². The topological polar surface area (TPSA) is 89.2 Å². The lowest BCUT2D eigenvalue weighted by molar-refractivity contribution is 0.632. The highest BCUT2D eigenvalue weighted by molar-refractivity contribution is 5.87. The van der Waals surface area contributed by atoms with E-state index in [4.69, 9.17) is 0 Å². The molecule has 8 nitrogen and oxygen atoms in total. The van der Waals surface area contributed by atoms with E-state index < -0.39 is 0 Å². The zero-order valence-corrected chi connectivity index (χ0v) is 18.1. The summed E-state index contributed by atoms with van der Waals surface area (Å²) in [5.74, 6) is 1.82. The molecule has 0 aliphatic carbocycles. The van der Waals surface area contributed by atoms with Crippen molar-refractivity contribution >= 4 is 22.4 Å². The number of H-pyrrole nitrogens is 1. The van der Waals surface area contributed by atoms with Gasteiger partial charge in [-0.15, -0.1) is 0 Å². The van der Waals surface area contributed by atoms with E-state index in [1.807, 2.05) is 23.9 Å². The fourth-order valence-electron chi connectivity index (χ4n) is 4.04. The van der Waals surface area contributed by atoms with Crippen LogP contribution in [0.5, 0.6) is 0 Å². The molecule has 0 radical (unpaired) electrons.